The molecule has 0 unspecified atom stereocenters. The maximum Gasteiger partial charge on any atom is 0.258 e. The molecular formula is C10H10N8OS. The topological polar surface area (TPSA) is 117 Å². The van der Waals surface area contributed by atoms with Gasteiger partial charge in [0.15, 0.2) is 5.16 Å². The van der Waals surface area contributed by atoms with Gasteiger partial charge in [-0.25, -0.2) is 0 Å². The third-order valence-electron chi connectivity index (χ3n) is 2.47. The lowest BCUT2D eigenvalue weighted by Crippen LogP contribution is -2.04. The molecule has 9 nitrogen and oxygen atoms in total. The van der Waals surface area contributed by atoms with E-state index >= 15 is 0 Å². The third-order valence-corrected chi connectivity index (χ3v) is 3.02. The average Bonchev–Trinajstić information content (AvgIpc) is 2.92. The number of ether oxygens (including phenoxy) is 1. The first-order valence-electron chi connectivity index (χ1n) is 5.53. The van der Waals surface area contributed by atoms with E-state index in [2.05, 4.69) is 30.2 Å². The van der Waals surface area contributed by atoms with Gasteiger partial charge >= 0.3 is 0 Å². The van der Waals surface area contributed by atoms with Crippen LogP contribution in [0.4, 0.5) is 5.95 Å². The molecule has 0 saturated carbocycles. The summed E-state index contributed by atoms with van der Waals surface area (Å²) in [7, 11) is 1.52. The lowest BCUT2D eigenvalue weighted by atomic mass is 10.4. The summed E-state index contributed by atoms with van der Waals surface area (Å²) in [4.78, 5) is 12.6. The van der Waals surface area contributed by atoms with Crippen LogP contribution in [0.1, 0.15) is 0 Å². The Morgan fingerprint density at radius 1 is 1.20 bits per heavy atom. The minimum atomic E-state index is 0.222. The van der Waals surface area contributed by atoms with Gasteiger partial charge in [-0.1, -0.05) is 11.8 Å². The van der Waals surface area contributed by atoms with Crippen molar-refractivity contribution in [2.45, 2.75) is 5.16 Å². The van der Waals surface area contributed by atoms with Crippen molar-refractivity contribution in [3.05, 3.63) is 12.1 Å². The predicted octanol–water partition coefficient (Wildman–Crippen LogP) is 0.289. The highest BCUT2D eigenvalue weighted by Gasteiger charge is 2.13. The van der Waals surface area contributed by atoms with Crippen molar-refractivity contribution < 1.29 is 4.74 Å². The normalized spacial score (nSPS) is 10.9. The van der Waals surface area contributed by atoms with Crippen LogP contribution in [0.5, 0.6) is 5.88 Å². The van der Waals surface area contributed by atoms with E-state index in [1.165, 1.54) is 23.4 Å². The Kier molecular flexibility index (Phi) is 3.06. The van der Waals surface area contributed by atoms with E-state index in [4.69, 9.17) is 10.5 Å². The molecule has 0 radical (unpaired) electrons. The van der Waals surface area contributed by atoms with Gasteiger partial charge < -0.3 is 10.5 Å². The van der Waals surface area contributed by atoms with E-state index in [-0.39, 0.29) is 5.95 Å². The van der Waals surface area contributed by atoms with Gasteiger partial charge in [0.25, 0.3) is 5.78 Å². The molecule has 0 spiro atoms. The van der Waals surface area contributed by atoms with Gasteiger partial charge in [-0.15, -0.1) is 15.3 Å². The lowest BCUT2D eigenvalue weighted by Gasteiger charge is -1.97. The molecule has 102 valence electrons. The number of nitrogens with two attached hydrogens (primary N) is 1. The van der Waals surface area contributed by atoms with Gasteiger partial charge in [-0.05, 0) is 12.3 Å². The number of hydrogen-bond donors (Lipinski definition) is 1. The molecule has 0 aromatic carbocycles. The van der Waals surface area contributed by atoms with Crippen LogP contribution in [0, 0.1) is 0 Å². The first kappa shape index (κ1) is 12.5. The fraction of sp³-hybridized carbons (Fsp3) is 0.200. The molecule has 3 heterocycles. The zero-order valence-electron chi connectivity index (χ0n) is 10.7. The van der Waals surface area contributed by atoms with Crippen LogP contribution in [0.25, 0.3) is 17.3 Å². The molecule has 0 bridgehead atoms. The molecule has 10 heteroatoms. The van der Waals surface area contributed by atoms with Gasteiger partial charge in [0.2, 0.25) is 17.7 Å². The molecule has 3 aromatic heterocycles. The van der Waals surface area contributed by atoms with Crippen LogP contribution in [0.2, 0.25) is 0 Å². The Labute approximate surface area is 117 Å². The summed E-state index contributed by atoms with van der Waals surface area (Å²) in [6.07, 6.45) is 1.86. The molecule has 0 amide bonds. The van der Waals surface area contributed by atoms with Crippen LogP contribution in [0.3, 0.4) is 0 Å². The van der Waals surface area contributed by atoms with Crippen LogP contribution in [0.15, 0.2) is 17.3 Å². The largest absolute Gasteiger partial charge is 0.480 e. The number of thioether (sulfide) groups is 1. The highest BCUT2D eigenvalue weighted by molar-refractivity contribution is 7.98. The maximum atomic E-state index is 5.81. The predicted molar refractivity (Wildman–Crippen MR) is 72.3 cm³/mol. The Hall–Kier alpha value is -2.49. The van der Waals surface area contributed by atoms with Crippen molar-refractivity contribution in [1.29, 1.82) is 0 Å². The molecule has 3 aromatic rings. The zero-order chi connectivity index (χ0) is 14.1. The van der Waals surface area contributed by atoms with Crippen molar-refractivity contribution in [2.24, 2.45) is 0 Å². The first-order chi connectivity index (χ1) is 9.71. The fourth-order valence-corrected chi connectivity index (χ4v) is 1.89. The van der Waals surface area contributed by atoms with Gasteiger partial charge in [-0.2, -0.15) is 19.5 Å². The van der Waals surface area contributed by atoms with Crippen LogP contribution < -0.4 is 10.5 Å². The number of hydrogen-bond acceptors (Lipinski definition) is 9. The van der Waals surface area contributed by atoms with Crippen LogP contribution in [-0.2, 0) is 0 Å². The number of nitrogens with zero attached hydrogens (tertiary/aromatic N) is 7. The second kappa shape index (κ2) is 4.89. The number of aromatic nitrogens is 7. The van der Waals surface area contributed by atoms with Crippen molar-refractivity contribution in [1.82, 2.24) is 34.8 Å². The van der Waals surface area contributed by atoms with Gasteiger partial charge in [0, 0.05) is 6.07 Å². The summed E-state index contributed by atoms with van der Waals surface area (Å²) in [5.74, 6) is 1.38. The van der Waals surface area contributed by atoms with E-state index in [0.29, 0.717) is 28.3 Å². The second-order valence-electron chi connectivity index (χ2n) is 3.68. The van der Waals surface area contributed by atoms with Crippen molar-refractivity contribution in [3.8, 4) is 17.4 Å². The molecule has 20 heavy (non-hydrogen) atoms. The standard InChI is InChI=1S/C10H10N8OS/c1-19-6-4-3-5(15-16-6)7-12-9-14-10(20-2)13-8(11)18(9)17-7/h3-4H,1-2H3,(H2,11,12,13,14,17). The molecule has 2 N–H and O–H groups in total. The van der Waals surface area contributed by atoms with Crippen LogP contribution in [-0.4, -0.2) is 48.1 Å². The van der Waals surface area contributed by atoms with Crippen molar-refractivity contribution >= 4 is 23.5 Å². The summed E-state index contributed by atoms with van der Waals surface area (Å²) in [6, 6.07) is 3.39. The molecule has 0 fully saturated rings. The number of nitrogen functional groups attached to an aromatic ring is 1. The van der Waals surface area contributed by atoms with Crippen molar-refractivity contribution in [3.63, 3.8) is 0 Å². The number of fused-ring (bicyclic) bond motifs is 1. The lowest BCUT2D eigenvalue weighted by molar-refractivity contribution is 0.392. The number of anilines is 1. The number of methoxy groups -OCH3 is 1. The Balaban J connectivity index is 2.09. The molecule has 0 aliphatic carbocycles. The number of rotatable bonds is 3. The minimum Gasteiger partial charge on any atom is -0.480 e. The van der Waals surface area contributed by atoms with Gasteiger partial charge in [-0.3, -0.25) is 0 Å². The fourth-order valence-electron chi connectivity index (χ4n) is 1.53. The summed E-state index contributed by atoms with van der Waals surface area (Å²) >= 11 is 1.38. The highest BCUT2D eigenvalue weighted by Crippen LogP contribution is 2.17. The van der Waals surface area contributed by atoms with E-state index in [9.17, 15) is 0 Å². The first-order valence-corrected chi connectivity index (χ1v) is 6.76. The maximum absolute atomic E-state index is 5.81. The minimum absolute atomic E-state index is 0.222. The summed E-state index contributed by atoms with van der Waals surface area (Å²) in [5.41, 5.74) is 6.31. The monoisotopic (exact) mass is 290 g/mol. The molecular weight excluding hydrogens is 280 g/mol. The molecule has 0 atom stereocenters. The summed E-state index contributed by atoms with van der Waals surface area (Å²) < 4.78 is 6.31. The van der Waals surface area contributed by atoms with Crippen molar-refractivity contribution in [2.75, 3.05) is 19.1 Å². The molecule has 0 aliphatic rings. The zero-order valence-corrected chi connectivity index (χ0v) is 11.5. The summed E-state index contributed by atoms with van der Waals surface area (Å²) in [6.45, 7) is 0. The van der Waals surface area contributed by atoms with Crippen LogP contribution >= 0.6 is 11.8 Å². The van der Waals surface area contributed by atoms with Gasteiger partial charge in [0.05, 0.1) is 7.11 Å². The molecule has 3 rings (SSSR count). The Morgan fingerprint density at radius 3 is 2.70 bits per heavy atom. The Bertz CT molecular complexity index is 756. The van der Waals surface area contributed by atoms with E-state index < -0.39 is 0 Å². The quantitative estimate of drug-likeness (QED) is 0.679. The smallest absolute Gasteiger partial charge is 0.258 e. The summed E-state index contributed by atoms with van der Waals surface area (Å²) in [5, 5.41) is 12.6. The van der Waals surface area contributed by atoms with E-state index in [0.717, 1.165) is 0 Å². The molecule has 0 aliphatic heterocycles. The second-order valence-corrected chi connectivity index (χ2v) is 4.45. The van der Waals surface area contributed by atoms with Gasteiger partial charge in [0.1, 0.15) is 5.69 Å². The molecule has 0 saturated heterocycles. The SMILES string of the molecule is COc1ccc(-c2nc3nc(SC)nc(N)n3n2)nn1. The van der Waals surface area contributed by atoms with E-state index in [1.54, 1.807) is 12.1 Å². The Morgan fingerprint density at radius 2 is 2.05 bits per heavy atom. The van der Waals surface area contributed by atoms with E-state index in [1.807, 2.05) is 6.26 Å². The highest BCUT2D eigenvalue weighted by atomic mass is 32.2. The average molecular weight is 290 g/mol. The third kappa shape index (κ3) is 2.09.